The number of hydrogen-bond donors (Lipinski definition) is 2. The van der Waals surface area contributed by atoms with Gasteiger partial charge in [0.1, 0.15) is 0 Å². The van der Waals surface area contributed by atoms with Gasteiger partial charge in [0.2, 0.25) is 0 Å². The standard InChI is InChI=1S/C17H18N2O3S/c1-10(2)12-6-4-11(5-7-12)8-13(16(21)22-3)14-9-15(20)19-17(23)18-14/h4-10H,1-3H3,(H2,18,19,20,23)/b13-8-. The van der Waals surface area contributed by atoms with E-state index >= 15 is 0 Å². The number of rotatable bonds is 4. The summed E-state index contributed by atoms with van der Waals surface area (Å²) in [5, 5.41) is 0. The van der Waals surface area contributed by atoms with E-state index in [9.17, 15) is 9.59 Å². The lowest BCUT2D eigenvalue weighted by molar-refractivity contribution is -0.133. The van der Waals surface area contributed by atoms with E-state index in [1.54, 1.807) is 6.08 Å². The second kappa shape index (κ2) is 7.19. The number of benzene rings is 1. The van der Waals surface area contributed by atoms with Crippen molar-refractivity contribution in [3.8, 4) is 0 Å². The number of H-pyrrole nitrogens is 2. The Morgan fingerprint density at radius 2 is 1.87 bits per heavy atom. The Balaban J connectivity index is 2.52. The lowest BCUT2D eigenvalue weighted by atomic mass is 10.0. The van der Waals surface area contributed by atoms with Crippen molar-refractivity contribution in [2.24, 2.45) is 0 Å². The van der Waals surface area contributed by atoms with Gasteiger partial charge in [-0.2, -0.15) is 0 Å². The smallest absolute Gasteiger partial charge is 0.339 e. The number of methoxy groups -OCH3 is 1. The van der Waals surface area contributed by atoms with Crippen LogP contribution in [0.3, 0.4) is 0 Å². The van der Waals surface area contributed by atoms with Crippen LogP contribution in [0.2, 0.25) is 0 Å². The molecule has 0 fully saturated rings. The fraction of sp³-hybridized carbons (Fsp3) is 0.235. The number of carbonyl (C=O) groups excluding carboxylic acids is 1. The van der Waals surface area contributed by atoms with Crippen molar-refractivity contribution < 1.29 is 9.53 Å². The van der Waals surface area contributed by atoms with E-state index in [1.807, 2.05) is 24.3 Å². The molecule has 6 heteroatoms. The lowest BCUT2D eigenvalue weighted by Crippen LogP contribution is -2.12. The molecule has 2 aromatic rings. The van der Waals surface area contributed by atoms with Crippen LogP contribution >= 0.6 is 12.2 Å². The van der Waals surface area contributed by atoms with E-state index in [2.05, 4.69) is 23.8 Å². The van der Waals surface area contributed by atoms with Crippen LogP contribution in [-0.2, 0) is 9.53 Å². The Kier molecular flexibility index (Phi) is 5.28. The van der Waals surface area contributed by atoms with Gasteiger partial charge in [-0.3, -0.25) is 9.78 Å². The van der Waals surface area contributed by atoms with Gasteiger partial charge in [-0.15, -0.1) is 0 Å². The fourth-order valence-corrected chi connectivity index (χ4v) is 2.32. The molecule has 1 aromatic carbocycles. The molecule has 0 amide bonds. The van der Waals surface area contributed by atoms with Crippen LogP contribution < -0.4 is 5.56 Å². The molecule has 0 saturated carbocycles. The number of ether oxygens (including phenoxy) is 1. The number of hydrogen-bond acceptors (Lipinski definition) is 4. The molecule has 120 valence electrons. The molecular weight excluding hydrogens is 312 g/mol. The number of aromatic nitrogens is 2. The SMILES string of the molecule is COC(=O)/C(=C\c1ccc(C(C)C)cc1)c1cc(=O)[nH]c(=S)[nH]1. The second-order valence-corrected chi connectivity index (χ2v) is 5.78. The molecule has 2 rings (SSSR count). The van der Waals surface area contributed by atoms with Gasteiger partial charge in [-0.05, 0) is 35.3 Å². The summed E-state index contributed by atoms with van der Waals surface area (Å²) in [6.45, 7) is 4.22. The van der Waals surface area contributed by atoms with E-state index in [0.717, 1.165) is 5.56 Å². The maximum atomic E-state index is 12.1. The Morgan fingerprint density at radius 3 is 2.39 bits per heavy atom. The lowest BCUT2D eigenvalue weighted by Gasteiger charge is -2.08. The largest absolute Gasteiger partial charge is 0.465 e. The van der Waals surface area contributed by atoms with Crippen molar-refractivity contribution in [3.63, 3.8) is 0 Å². The van der Waals surface area contributed by atoms with Crippen molar-refractivity contribution in [2.75, 3.05) is 7.11 Å². The zero-order valence-electron chi connectivity index (χ0n) is 13.2. The minimum absolute atomic E-state index is 0.150. The Bertz CT molecular complexity index is 817. The van der Waals surface area contributed by atoms with Gasteiger partial charge >= 0.3 is 5.97 Å². The van der Waals surface area contributed by atoms with Crippen molar-refractivity contribution in [1.29, 1.82) is 0 Å². The molecule has 0 aliphatic rings. The first kappa shape index (κ1) is 16.9. The van der Waals surface area contributed by atoms with E-state index in [1.165, 1.54) is 18.7 Å². The molecule has 5 nitrogen and oxygen atoms in total. The van der Waals surface area contributed by atoms with Crippen LogP contribution in [0.5, 0.6) is 0 Å². The van der Waals surface area contributed by atoms with E-state index in [0.29, 0.717) is 11.6 Å². The maximum absolute atomic E-state index is 12.1. The van der Waals surface area contributed by atoms with Gasteiger partial charge in [-0.25, -0.2) is 4.79 Å². The number of carbonyl (C=O) groups is 1. The number of aromatic amines is 2. The molecule has 2 N–H and O–H groups in total. The minimum Gasteiger partial charge on any atom is -0.465 e. The average Bonchev–Trinajstić information content (AvgIpc) is 2.51. The van der Waals surface area contributed by atoms with Crippen LogP contribution in [0, 0.1) is 4.77 Å². The molecular formula is C17H18N2O3S. The van der Waals surface area contributed by atoms with Crippen LogP contribution in [0.4, 0.5) is 0 Å². The zero-order chi connectivity index (χ0) is 17.0. The monoisotopic (exact) mass is 330 g/mol. The normalized spacial score (nSPS) is 11.6. The highest BCUT2D eigenvalue weighted by atomic mass is 32.1. The van der Waals surface area contributed by atoms with E-state index < -0.39 is 5.97 Å². The van der Waals surface area contributed by atoms with Gasteiger partial charge in [0.15, 0.2) is 4.77 Å². The van der Waals surface area contributed by atoms with Crippen molar-refractivity contribution in [3.05, 3.63) is 62.3 Å². The summed E-state index contributed by atoms with van der Waals surface area (Å²) in [5.74, 6) is -0.119. The summed E-state index contributed by atoms with van der Waals surface area (Å²) >= 11 is 4.95. The predicted molar refractivity (Wildman–Crippen MR) is 92.7 cm³/mol. The molecule has 0 aliphatic carbocycles. The third-order valence-corrected chi connectivity index (χ3v) is 3.57. The quantitative estimate of drug-likeness (QED) is 0.512. The van der Waals surface area contributed by atoms with Gasteiger partial charge < -0.3 is 9.72 Å². The third kappa shape index (κ3) is 4.26. The van der Waals surface area contributed by atoms with Crippen LogP contribution in [-0.4, -0.2) is 23.0 Å². The van der Waals surface area contributed by atoms with Crippen molar-refractivity contribution in [2.45, 2.75) is 19.8 Å². The second-order valence-electron chi connectivity index (χ2n) is 5.37. The first-order chi connectivity index (χ1) is 10.9. The number of nitrogens with one attached hydrogen (secondary N) is 2. The van der Waals surface area contributed by atoms with Gasteiger partial charge in [0, 0.05) is 6.07 Å². The highest BCUT2D eigenvalue weighted by Gasteiger charge is 2.14. The molecule has 0 aliphatic heterocycles. The Hall–Kier alpha value is -2.47. The summed E-state index contributed by atoms with van der Waals surface area (Å²) in [5.41, 5.74) is 2.21. The summed E-state index contributed by atoms with van der Waals surface area (Å²) in [4.78, 5) is 28.9. The van der Waals surface area contributed by atoms with Crippen LogP contribution in [0.1, 0.15) is 36.6 Å². The van der Waals surface area contributed by atoms with Gasteiger partial charge in [-0.1, -0.05) is 38.1 Å². The summed E-state index contributed by atoms with van der Waals surface area (Å²) < 4.78 is 4.96. The van der Waals surface area contributed by atoms with Gasteiger partial charge in [0.25, 0.3) is 5.56 Å². The average molecular weight is 330 g/mol. The molecule has 23 heavy (non-hydrogen) atoms. The molecule has 1 heterocycles. The van der Waals surface area contributed by atoms with Crippen LogP contribution in [0.25, 0.3) is 11.6 Å². The maximum Gasteiger partial charge on any atom is 0.339 e. The summed E-state index contributed by atoms with van der Waals surface area (Å²) in [6.07, 6.45) is 1.66. The topological polar surface area (TPSA) is 75.0 Å². The van der Waals surface area contributed by atoms with E-state index in [4.69, 9.17) is 17.0 Å². The Morgan fingerprint density at radius 1 is 1.22 bits per heavy atom. The summed E-state index contributed by atoms with van der Waals surface area (Å²) in [7, 11) is 1.29. The van der Waals surface area contributed by atoms with Crippen LogP contribution in [0.15, 0.2) is 35.1 Å². The number of esters is 1. The third-order valence-electron chi connectivity index (χ3n) is 3.37. The predicted octanol–water partition coefficient (Wildman–Crippen LogP) is 3.27. The molecule has 0 unspecified atom stereocenters. The van der Waals surface area contributed by atoms with Gasteiger partial charge in [0.05, 0.1) is 18.4 Å². The first-order valence-electron chi connectivity index (χ1n) is 7.14. The first-order valence-corrected chi connectivity index (χ1v) is 7.55. The summed E-state index contributed by atoms with van der Waals surface area (Å²) in [6, 6.07) is 9.12. The minimum atomic E-state index is -0.547. The molecule has 0 atom stereocenters. The molecule has 0 radical (unpaired) electrons. The highest BCUT2D eigenvalue weighted by molar-refractivity contribution is 7.71. The Labute approximate surface area is 139 Å². The zero-order valence-corrected chi connectivity index (χ0v) is 14.0. The van der Waals surface area contributed by atoms with Crippen molar-refractivity contribution >= 4 is 29.8 Å². The fourth-order valence-electron chi connectivity index (χ4n) is 2.11. The molecule has 0 saturated heterocycles. The molecule has 1 aromatic heterocycles. The van der Waals surface area contributed by atoms with Crippen molar-refractivity contribution in [1.82, 2.24) is 9.97 Å². The molecule has 0 spiro atoms. The highest BCUT2D eigenvalue weighted by Crippen LogP contribution is 2.20. The molecule has 0 bridgehead atoms. The van der Waals surface area contributed by atoms with E-state index in [-0.39, 0.29) is 15.9 Å².